The molecule has 1 fully saturated rings. The standard InChI is InChI=1S/C15H22N2O2S/c1-16(2)15(19)20-14-5-3-12(4-6-14)11-17-9-7-13(18)8-10-17/h3-6,13,18H,7-11H2,1-2H3. The Hall–Kier alpha value is -1.04. The van der Waals surface area contributed by atoms with Crippen molar-refractivity contribution in [2.45, 2.75) is 30.4 Å². The number of nitrogens with zero attached hydrogens (tertiary/aromatic N) is 2. The van der Waals surface area contributed by atoms with Crippen LogP contribution in [0.3, 0.4) is 0 Å². The number of likely N-dealkylation sites (tertiary alicyclic amines) is 1. The molecule has 110 valence electrons. The van der Waals surface area contributed by atoms with Gasteiger partial charge >= 0.3 is 0 Å². The lowest BCUT2D eigenvalue weighted by atomic mass is 10.1. The third-order valence-electron chi connectivity index (χ3n) is 3.46. The summed E-state index contributed by atoms with van der Waals surface area (Å²) in [7, 11) is 3.52. The van der Waals surface area contributed by atoms with Crippen LogP contribution in [0.5, 0.6) is 0 Å². The molecule has 1 amide bonds. The van der Waals surface area contributed by atoms with Gasteiger partial charge < -0.3 is 10.0 Å². The summed E-state index contributed by atoms with van der Waals surface area (Å²) in [6, 6.07) is 8.16. The summed E-state index contributed by atoms with van der Waals surface area (Å²) in [5.74, 6) is 0. The minimum absolute atomic E-state index is 0.0442. The molecule has 0 spiro atoms. The number of carbonyl (C=O) groups excluding carboxylic acids is 1. The topological polar surface area (TPSA) is 43.8 Å². The van der Waals surface area contributed by atoms with E-state index in [9.17, 15) is 9.90 Å². The van der Waals surface area contributed by atoms with Gasteiger partial charge in [-0.3, -0.25) is 9.69 Å². The average Bonchev–Trinajstić information content (AvgIpc) is 2.43. The first-order valence-electron chi connectivity index (χ1n) is 6.93. The van der Waals surface area contributed by atoms with Crippen molar-refractivity contribution < 1.29 is 9.90 Å². The lowest BCUT2D eigenvalue weighted by Crippen LogP contribution is -2.35. The fourth-order valence-electron chi connectivity index (χ4n) is 2.19. The summed E-state index contributed by atoms with van der Waals surface area (Å²) in [4.78, 5) is 16.5. The van der Waals surface area contributed by atoms with Gasteiger partial charge in [-0.05, 0) is 42.3 Å². The molecule has 1 aromatic carbocycles. The summed E-state index contributed by atoms with van der Waals surface area (Å²) in [5, 5.41) is 9.54. The van der Waals surface area contributed by atoms with Gasteiger partial charge in [0.25, 0.3) is 5.24 Å². The van der Waals surface area contributed by atoms with Crippen molar-refractivity contribution in [2.75, 3.05) is 27.2 Å². The molecule has 1 aliphatic rings. The smallest absolute Gasteiger partial charge is 0.285 e. The van der Waals surface area contributed by atoms with Crippen molar-refractivity contribution >= 4 is 17.0 Å². The quantitative estimate of drug-likeness (QED) is 0.870. The van der Waals surface area contributed by atoms with Crippen molar-refractivity contribution in [3.05, 3.63) is 29.8 Å². The van der Waals surface area contributed by atoms with Crippen LogP contribution < -0.4 is 0 Å². The lowest BCUT2D eigenvalue weighted by molar-refractivity contribution is 0.0792. The zero-order valence-corrected chi connectivity index (χ0v) is 12.9. The molecule has 1 aliphatic heterocycles. The molecule has 0 atom stereocenters. The van der Waals surface area contributed by atoms with E-state index in [1.165, 1.54) is 17.3 Å². The molecule has 5 heteroatoms. The second-order valence-electron chi connectivity index (χ2n) is 5.41. The van der Waals surface area contributed by atoms with Gasteiger partial charge in [0.1, 0.15) is 0 Å². The number of hydrogen-bond acceptors (Lipinski definition) is 4. The summed E-state index contributed by atoms with van der Waals surface area (Å²) in [6.45, 7) is 2.83. The van der Waals surface area contributed by atoms with Gasteiger partial charge in [-0.1, -0.05) is 12.1 Å². The van der Waals surface area contributed by atoms with Gasteiger partial charge in [-0.2, -0.15) is 0 Å². The average molecular weight is 294 g/mol. The van der Waals surface area contributed by atoms with Gasteiger partial charge in [0, 0.05) is 38.6 Å². The molecule has 0 saturated carbocycles. The molecule has 0 unspecified atom stereocenters. The summed E-state index contributed by atoms with van der Waals surface area (Å²) in [6.07, 6.45) is 1.61. The van der Waals surface area contributed by atoms with Crippen LogP contribution in [0.2, 0.25) is 0 Å². The van der Waals surface area contributed by atoms with E-state index >= 15 is 0 Å². The zero-order chi connectivity index (χ0) is 14.5. The maximum atomic E-state index is 11.6. The number of aliphatic hydroxyl groups is 1. The first-order chi connectivity index (χ1) is 9.54. The number of carbonyl (C=O) groups is 1. The summed E-state index contributed by atoms with van der Waals surface area (Å²) >= 11 is 1.25. The minimum Gasteiger partial charge on any atom is -0.393 e. The van der Waals surface area contributed by atoms with Crippen LogP contribution in [0, 0.1) is 0 Å². The largest absolute Gasteiger partial charge is 0.393 e. The van der Waals surface area contributed by atoms with Crippen molar-refractivity contribution in [1.82, 2.24) is 9.80 Å². The Morgan fingerprint density at radius 2 is 1.90 bits per heavy atom. The predicted octanol–water partition coefficient (Wildman–Crippen LogP) is 2.42. The van der Waals surface area contributed by atoms with Crippen LogP contribution in [0.25, 0.3) is 0 Å². The molecule has 2 rings (SSSR count). The van der Waals surface area contributed by atoms with Crippen molar-refractivity contribution in [2.24, 2.45) is 0 Å². The third kappa shape index (κ3) is 4.51. The van der Waals surface area contributed by atoms with Crippen LogP contribution in [0.15, 0.2) is 29.2 Å². The molecule has 20 heavy (non-hydrogen) atoms. The maximum Gasteiger partial charge on any atom is 0.285 e. The van der Waals surface area contributed by atoms with E-state index in [1.807, 2.05) is 12.1 Å². The van der Waals surface area contributed by atoms with Crippen LogP contribution >= 0.6 is 11.8 Å². The molecule has 1 N–H and O–H groups in total. The number of piperidine rings is 1. The van der Waals surface area contributed by atoms with Crippen molar-refractivity contribution in [1.29, 1.82) is 0 Å². The van der Waals surface area contributed by atoms with Gasteiger partial charge in [0.15, 0.2) is 0 Å². The second-order valence-corrected chi connectivity index (χ2v) is 6.44. The monoisotopic (exact) mass is 294 g/mol. The fraction of sp³-hybridized carbons (Fsp3) is 0.533. The van der Waals surface area contributed by atoms with E-state index in [0.717, 1.165) is 37.4 Å². The highest BCUT2D eigenvalue weighted by molar-refractivity contribution is 8.13. The second kappa shape index (κ2) is 7.11. The molecule has 0 aliphatic carbocycles. The van der Waals surface area contributed by atoms with Crippen LogP contribution in [0.4, 0.5) is 4.79 Å². The Morgan fingerprint density at radius 3 is 2.45 bits per heavy atom. The van der Waals surface area contributed by atoms with E-state index < -0.39 is 0 Å². The molecule has 1 heterocycles. The number of amides is 1. The molecular weight excluding hydrogens is 272 g/mol. The lowest BCUT2D eigenvalue weighted by Gasteiger charge is -2.29. The van der Waals surface area contributed by atoms with Crippen LogP contribution in [-0.2, 0) is 6.54 Å². The highest BCUT2D eigenvalue weighted by atomic mass is 32.2. The Labute approximate surface area is 124 Å². The van der Waals surface area contributed by atoms with E-state index in [-0.39, 0.29) is 11.3 Å². The number of thioether (sulfide) groups is 1. The van der Waals surface area contributed by atoms with Crippen LogP contribution in [-0.4, -0.2) is 53.4 Å². The molecule has 0 radical (unpaired) electrons. The molecule has 0 aromatic heterocycles. The first-order valence-corrected chi connectivity index (χ1v) is 7.75. The highest BCUT2D eigenvalue weighted by Gasteiger charge is 2.16. The van der Waals surface area contributed by atoms with E-state index in [4.69, 9.17) is 0 Å². The number of aliphatic hydroxyl groups excluding tert-OH is 1. The number of hydrogen-bond donors (Lipinski definition) is 1. The molecule has 4 nitrogen and oxygen atoms in total. The van der Waals surface area contributed by atoms with E-state index in [2.05, 4.69) is 17.0 Å². The van der Waals surface area contributed by atoms with Crippen molar-refractivity contribution in [3.8, 4) is 0 Å². The minimum atomic E-state index is -0.123. The van der Waals surface area contributed by atoms with Gasteiger partial charge in [-0.15, -0.1) is 0 Å². The van der Waals surface area contributed by atoms with Crippen LogP contribution in [0.1, 0.15) is 18.4 Å². The molecular formula is C15H22N2O2S. The maximum absolute atomic E-state index is 11.6. The highest BCUT2D eigenvalue weighted by Crippen LogP contribution is 2.22. The van der Waals surface area contributed by atoms with Gasteiger partial charge in [0.2, 0.25) is 0 Å². The normalized spacial score (nSPS) is 17.1. The Balaban J connectivity index is 1.87. The van der Waals surface area contributed by atoms with Gasteiger partial charge in [0.05, 0.1) is 6.10 Å². The first kappa shape index (κ1) is 15.4. The van der Waals surface area contributed by atoms with Crippen molar-refractivity contribution in [3.63, 3.8) is 0 Å². The Morgan fingerprint density at radius 1 is 1.30 bits per heavy atom. The molecule has 1 aromatic rings. The van der Waals surface area contributed by atoms with E-state index in [1.54, 1.807) is 19.0 Å². The summed E-state index contributed by atoms with van der Waals surface area (Å²) < 4.78 is 0. The SMILES string of the molecule is CN(C)C(=O)Sc1ccc(CN2CCC(O)CC2)cc1. The molecule has 0 bridgehead atoms. The van der Waals surface area contributed by atoms with Gasteiger partial charge in [-0.25, -0.2) is 0 Å². The number of rotatable bonds is 3. The number of benzene rings is 1. The fourth-order valence-corrected chi connectivity index (χ4v) is 2.85. The predicted molar refractivity (Wildman–Crippen MR) is 81.9 cm³/mol. The molecule has 1 saturated heterocycles. The zero-order valence-electron chi connectivity index (χ0n) is 12.1. The Bertz CT molecular complexity index is 440. The van der Waals surface area contributed by atoms with E-state index in [0.29, 0.717) is 0 Å². The Kier molecular flexibility index (Phi) is 5.46. The summed E-state index contributed by atoms with van der Waals surface area (Å²) in [5.41, 5.74) is 1.25. The third-order valence-corrected chi connectivity index (χ3v) is 4.50.